The molecule has 0 spiro atoms. The molecule has 2 atom stereocenters. The number of benzene rings is 1. The highest BCUT2D eigenvalue weighted by Gasteiger charge is 2.40. The summed E-state index contributed by atoms with van der Waals surface area (Å²) in [6, 6.07) is 5.66. The molecule has 2 unspecified atom stereocenters. The first-order chi connectivity index (χ1) is 9.02. The van der Waals surface area contributed by atoms with Gasteiger partial charge in [0.2, 0.25) is 5.91 Å². The summed E-state index contributed by atoms with van der Waals surface area (Å²) in [5.41, 5.74) is 0.839. The molecule has 102 valence electrons. The molecule has 19 heavy (non-hydrogen) atoms. The molecule has 1 amide bonds. The molecule has 1 aliphatic rings. The van der Waals surface area contributed by atoms with Gasteiger partial charge < -0.3 is 9.69 Å². The van der Waals surface area contributed by atoms with Crippen LogP contribution in [0.5, 0.6) is 0 Å². The zero-order valence-corrected chi connectivity index (χ0v) is 11.2. The van der Waals surface area contributed by atoms with Crippen LogP contribution in [0.3, 0.4) is 0 Å². The Kier molecular flexibility index (Phi) is 3.98. The van der Waals surface area contributed by atoms with Crippen molar-refractivity contribution in [2.24, 2.45) is 11.8 Å². The van der Waals surface area contributed by atoms with E-state index in [-0.39, 0.29) is 29.6 Å². The zero-order valence-electron chi connectivity index (χ0n) is 11.2. The topological polar surface area (TPSA) is 37.4 Å². The van der Waals surface area contributed by atoms with Gasteiger partial charge in [-0.3, -0.25) is 4.79 Å². The second-order valence-corrected chi connectivity index (χ2v) is 5.39. The SMILES string of the molecule is CC(C)C1CC(=O)N(Cc2ccc(F)cc2)C1C=O. The molecule has 4 heteroatoms. The Bertz CT molecular complexity index is 470. The number of aldehydes is 1. The summed E-state index contributed by atoms with van der Waals surface area (Å²) < 4.78 is 12.9. The Morgan fingerprint density at radius 1 is 1.37 bits per heavy atom. The summed E-state index contributed by atoms with van der Waals surface area (Å²) in [5, 5.41) is 0. The van der Waals surface area contributed by atoms with Crippen molar-refractivity contribution in [3.8, 4) is 0 Å². The minimum absolute atomic E-state index is 0.000116. The van der Waals surface area contributed by atoms with Crippen molar-refractivity contribution in [3.05, 3.63) is 35.6 Å². The normalized spacial score (nSPS) is 23.2. The number of likely N-dealkylation sites (tertiary alicyclic amines) is 1. The Labute approximate surface area is 112 Å². The molecular formula is C15H18FNO2. The lowest BCUT2D eigenvalue weighted by Gasteiger charge is -2.25. The third kappa shape index (κ3) is 2.83. The van der Waals surface area contributed by atoms with Gasteiger partial charge in [-0.2, -0.15) is 0 Å². The van der Waals surface area contributed by atoms with Crippen molar-refractivity contribution in [2.75, 3.05) is 0 Å². The summed E-state index contributed by atoms with van der Waals surface area (Å²) in [7, 11) is 0. The number of amides is 1. The molecule has 0 aromatic heterocycles. The molecule has 2 rings (SSSR count). The molecule has 3 nitrogen and oxygen atoms in total. The van der Waals surface area contributed by atoms with Crippen molar-refractivity contribution < 1.29 is 14.0 Å². The highest BCUT2D eigenvalue weighted by Crippen LogP contribution is 2.31. The molecule has 0 aliphatic carbocycles. The van der Waals surface area contributed by atoms with Crippen molar-refractivity contribution in [1.82, 2.24) is 4.90 Å². The maximum Gasteiger partial charge on any atom is 0.223 e. The first-order valence-corrected chi connectivity index (χ1v) is 6.52. The van der Waals surface area contributed by atoms with Crippen molar-refractivity contribution in [1.29, 1.82) is 0 Å². The van der Waals surface area contributed by atoms with E-state index in [0.717, 1.165) is 11.8 Å². The molecule has 1 aliphatic heterocycles. The van der Waals surface area contributed by atoms with Crippen LogP contribution in [-0.4, -0.2) is 23.1 Å². The molecule has 1 heterocycles. The Morgan fingerprint density at radius 2 is 2.00 bits per heavy atom. The van der Waals surface area contributed by atoms with E-state index < -0.39 is 0 Å². The van der Waals surface area contributed by atoms with Crippen molar-refractivity contribution >= 4 is 12.2 Å². The van der Waals surface area contributed by atoms with Crippen LogP contribution in [0.25, 0.3) is 0 Å². The lowest BCUT2D eigenvalue weighted by atomic mass is 9.89. The van der Waals surface area contributed by atoms with Crippen LogP contribution >= 0.6 is 0 Å². The van der Waals surface area contributed by atoms with Crippen LogP contribution in [0.4, 0.5) is 4.39 Å². The van der Waals surface area contributed by atoms with Gasteiger partial charge in [-0.15, -0.1) is 0 Å². The summed E-state index contributed by atoms with van der Waals surface area (Å²) in [5.74, 6) is 0.0615. The van der Waals surface area contributed by atoms with E-state index in [9.17, 15) is 14.0 Å². The van der Waals surface area contributed by atoms with Crippen LogP contribution in [0.15, 0.2) is 24.3 Å². The van der Waals surface area contributed by atoms with Crippen LogP contribution < -0.4 is 0 Å². The van der Waals surface area contributed by atoms with E-state index in [4.69, 9.17) is 0 Å². The van der Waals surface area contributed by atoms with Gasteiger partial charge >= 0.3 is 0 Å². The first kappa shape index (κ1) is 13.7. The summed E-state index contributed by atoms with van der Waals surface area (Å²) in [6.45, 7) is 4.41. The van der Waals surface area contributed by atoms with E-state index in [2.05, 4.69) is 0 Å². The van der Waals surface area contributed by atoms with Gasteiger partial charge in [0.1, 0.15) is 12.1 Å². The van der Waals surface area contributed by atoms with Crippen molar-refractivity contribution in [2.45, 2.75) is 32.9 Å². The predicted octanol–water partition coefficient (Wildman–Crippen LogP) is 2.40. The molecule has 0 radical (unpaired) electrons. The van der Waals surface area contributed by atoms with Gasteiger partial charge in [-0.1, -0.05) is 26.0 Å². The Balaban J connectivity index is 2.16. The summed E-state index contributed by atoms with van der Waals surface area (Å²) >= 11 is 0. The molecule has 0 bridgehead atoms. The smallest absolute Gasteiger partial charge is 0.223 e. The molecule has 1 aromatic rings. The van der Waals surface area contributed by atoms with Gasteiger partial charge in [0.05, 0.1) is 6.04 Å². The number of carbonyl (C=O) groups is 2. The highest BCUT2D eigenvalue weighted by molar-refractivity contribution is 5.84. The average Bonchev–Trinajstić information content (AvgIpc) is 2.69. The van der Waals surface area contributed by atoms with E-state index in [1.165, 1.54) is 12.1 Å². The molecule has 1 saturated heterocycles. The van der Waals surface area contributed by atoms with Crippen LogP contribution in [-0.2, 0) is 16.1 Å². The molecule has 1 fully saturated rings. The third-order valence-corrected chi connectivity index (χ3v) is 3.79. The molecule has 0 saturated carbocycles. The molecular weight excluding hydrogens is 245 g/mol. The maximum absolute atomic E-state index is 12.9. The van der Waals surface area contributed by atoms with E-state index in [0.29, 0.717) is 13.0 Å². The minimum atomic E-state index is -0.363. The highest BCUT2D eigenvalue weighted by atomic mass is 19.1. The maximum atomic E-state index is 12.9. The van der Waals surface area contributed by atoms with Crippen LogP contribution in [0.2, 0.25) is 0 Å². The third-order valence-electron chi connectivity index (χ3n) is 3.79. The number of carbonyl (C=O) groups excluding carboxylic acids is 2. The first-order valence-electron chi connectivity index (χ1n) is 6.52. The number of halogens is 1. The lowest BCUT2D eigenvalue weighted by molar-refractivity contribution is -0.131. The van der Waals surface area contributed by atoms with Gasteiger partial charge in [0.25, 0.3) is 0 Å². The summed E-state index contributed by atoms with van der Waals surface area (Å²) in [6.07, 6.45) is 1.28. The van der Waals surface area contributed by atoms with Crippen molar-refractivity contribution in [3.63, 3.8) is 0 Å². The number of rotatable bonds is 4. The summed E-state index contributed by atoms with van der Waals surface area (Å²) in [4.78, 5) is 24.9. The average molecular weight is 263 g/mol. The van der Waals surface area contributed by atoms with Crippen LogP contribution in [0.1, 0.15) is 25.8 Å². The standard InChI is InChI=1S/C15H18FNO2/c1-10(2)13-7-15(19)17(14(13)9-18)8-11-3-5-12(16)6-4-11/h3-6,9-10,13-14H,7-8H2,1-2H3. The Morgan fingerprint density at radius 3 is 2.53 bits per heavy atom. The fraction of sp³-hybridized carbons (Fsp3) is 0.467. The van der Waals surface area contributed by atoms with Gasteiger partial charge in [-0.05, 0) is 29.5 Å². The molecule has 1 aromatic carbocycles. The number of hydrogen-bond donors (Lipinski definition) is 0. The zero-order chi connectivity index (χ0) is 14.0. The largest absolute Gasteiger partial charge is 0.328 e. The van der Waals surface area contributed by atoms with Gasteiger partial charge in [0, 0.05) is 13.0 Å². The predicted molar refractivity (Wildman–Crippen MR) is 69.7 cm³/mol. The second kappa shape index (κ2) is 5.51. The Hall–Kier alpha value is -1.71. The van der Waals surface area contributed by atoms with Gasteiger partial charge in [0.15, 0.2) is 0 Å². The monoisotopic (exact) mass is 263 g/mol. The molecule has 0 N–H and O–H groups in total. The van der Waals surface area contributed by atoms with E-state index in [1.54, 1.807) is 17.0 Å². The van der Waals surface area contributed by atoms with E-state index in [1.807, 2.05) is 13.8 Å². The quantitative estimate of drug-likeness (QED) is 0.782. The number of hydrogen-bond acceptors (Lipinski definition) is 2. The minimum Gasteiger partial charge on any atom is -0.328 e. The van der Waals surface area contributed by atoms with Crippen LogP contribution in [0, 0.1) is 17.7 Å². The van der Waals surface area contributed by atoms with Gasteiger partial charge in [-0.25, -0.2) is 4.39 Å². The lowest BCUT2D eigenvalue weighted by Crippen LogP contribution is -2.37. The number of nitrogens with zero attached hydrogens (tertiary/aromatic N) is 1. The fourth-order valence-corrected chi connectivity index (χ4v) is 2.62. The van der Waals surface area contributed by atoms with E-state index >= 15 is 0 Å². The second-order valence-electron chi connectivity index (χ2n) is 5.39. The fourth-order valence-electron chi connectivity index (χ4n) is 2.62.